The van der Waals surface area contributed by atoms with Crippen molar-refractivity contribution in [3.63, 3.8) is 0 Å². The zero-order valence-corrected chi connectivity index (χ0v) is 14.7. The summed E-state index contributed by atoms with van der Waals surface area (Å²) in [6, 6.07) is 4.56. The molecule has 24 heavy (non-hydrogen) atoms. The average molecular weight is 416 g/mol. The fourth-order valence-corrected chi connectivity index (χ4v) is 4.39. The number of benzene rings is 1. The molecule has 126 valence electrons. The minimum Gasteiger partial charge on any atom is -0.447 e. The number of alkyl halides is 2. The number of rotatable bonds is 2. The molecule has 0 spiro atoms. The molecule has 2 aliphatic rings. The van der Waals surface area contributed by atoms with E-state index in [0.717, 1.165) is 25.6 Å². The van der Waals surface area contributed by atoms with Gasteiger partial charge >= 0.3 is 6.09 Å². The van der Waals surface area contributed by atoms with Gasteiger partial charge in [-0.25, -0.2) is 23.5 Å². The highest BCUT2D eigenvalue weighted by Crippen LogP contribution is 2.38. The largest absolute Gasteiger partial charge is 0.447 e. The number of nitrogens with zero attached hydrogens (tertiary/aromatic N) is 3. The van der Waals surface area contributed by atoms with Gasteiger partial charge in [0.15, 0.2) is 5.82 Å². The predicted octanol–water partition coefficient (Wildman–Crippen LogP) is 4.01. The van der Waals surface area contributed by atoms with E-state index in [1.54, 1.807) is 18.0 Å². The summed E-state index contributed by atoms with van der Waals surface area (Å²) in [5.41, 5.74) is 0.924. The normalized spacial score (nSPS) is 19.9. The lowest BCUT2D eigenvalue weighted by Crippen LogP contribution is -2.38. The van der Waals surface area contributed by atoms with Gasteiger partial charge in [-0.2, -0.15) is 0 Å². The van der Waals surface area contributed by atoms with Crippen molar-refractivity contribution in [2.45, 2.75) is 23.9 Å². The molecule has 1 fully saturated rings. The van der Waals surface area contributed by atoms with E-state index >= 15 is 0 Å². The van der Waals surface area contributed by atoms with Gasteiger partial charge in [-0.05, 0) is 18.2 Å². The summed E-state index contributed by atoms with van der Waals surface area (Å²) in [6.07, 6.45) is -1.81. The van der Waals surface area contributed by atoms with Crippen LogP contribution in [0.4, 0.5) is 19.4 Å². The van der Waals surface area contributed by atoms with Crippen LogP contribution in [0.25, 0.3) is 11.4 Å². The second kappa shape index (κ2) is 6.03. The molecule has 0 saturated carbocycles. The molecule has 1 atom stereocenters. The fourth-order valence-electron chi connectivity index (χ4n) is 2.84. The number of hydrogen-bond donors (Lipinski definition) is 0. The van der Waals surface area contributed by atoms with Crippen molar-refractivity contribution in [3.05, 3.63) is 28.9 Å². The van der Waals surface area contributed by atoms with E-state index in [1.165, 1.54) is 0 Å². The molecule has 0 aliphatic carbocycles. The number of fused-ring (bicyclic) bond motifs is 3. The molecule has 0 bridgehead atoms. The molecule has 5 nitrogen and oxygen atoms in total. The molecule has 9 heteroatoms. The van der Waals surface area contributed by atoms with Crippen LogP contribution < -0.4 is 4.90 Å². The number of carbonyl (C=O) groups is 1. The van der Waals surface area contributed by atoms with Gasteiger partial charge in [0.2, 0.25) is 0 Å². The maximum atomic E-state index is 13.2. The molecule has 0 N–H and O–H groups in total. The fraction of sp³-hybridized carbons (Fsp3) is 0.333. The minimum atomic E-state index is -2.68. The molecule has 2 aliphatic heterocycles. The van der Waals surface area contributed by atoms with Crippen molar-refractivity contribution in [2.75, 3.05) is 17.3 Å². The second-order valence-corrected chi connectivity index (χ2v) is 7.51. The highest BCUT2D eigenvalue weighted by atomic mass is 79.9. The maximum Gasteiger partial charge on any atom is 0.416 e. The van der Waals surface area contributed by atoms with Crippen LogP contribution in [0, 0.1) is 0 Å². The lowest BCUT2D eigenvalue weighted by Gasteiger charge is -2.17. The molecular weight excluding hydrogens is 404 g/mol. The Balaban J connectivity index is 1.79. The van der Waals surface area contributed by atoms with Gasteiger partial charge in [0, 0.05) is 33.4 Å². The molecule has 3 heterocycles. The lowest BCUT2D eigenvalue weighted by atomic mass is 10.2. The summed E-state index contributed by atoms with van der Waals surface area (Å²) in [5.74, 6) is 1.71. The number of aromatic nitrogens is 2. The van der Waals surface area contributed by atoms with E-state index < -0.39 is 18.6 Å². The summed E-state index contributed by atoms with van der Waals surface area (Å²) in [5, 5.41) is 0. The third-order valence-corrected chi connectivity index (χ3v) is 5.51. The standard InChI is InChI=1S/C15H12BrF2N3O2S/c16-8-1-2-9-11(5-8)24-4-3-20-6-12(19-14(9)20)21-10(13(17)18)7-23-15(21)22/h1-2,5-6,10,13H,3-4,7H2. The smallest absolute Gasteiger partial charge is 0.416 e. The number of ether oxygens (including phenoxy) is 1. The van der Waals surface area contributed by atoms with Gasteiger partial charge in [-0.3, -0.25) is 0 Å². The van der Waals surface area contributed by atoms with Crippen molar-refractivity contribution in [1.82, 2.24) is 9.55 Å². The Labute approximate surface area is 149 Å². The van der Waals surface area contributed by atoms with Crippen LogP contribution in [0.5, 0.6) is 0 Å². The van der Waals surface area contributed by atoms with E-state index in [1.807, 2.05) is 22.8 Å². The minimum absolute atomic E-state index is 0.207. The van der Waals surface area contributed by atoms with Crippen LogP contribution in [-0.4, -0.2) is 40.5 Å². The number of amides is 1. The van der Waals surface area contributed by atoms with Crippen LogP contribution in [0.2, 0.25) is 0 Å². The summed E-state index contributed by atoms with van der Waals surface area (Å²) < 4.78 is 34.0. The highest BCUT2D eigenvalue weighted by Gasteiger charge is 2.41. The predicted molar refractivity (Wildman–Crippen MR) is 89.7 cm³/mol. The number of anilines is 1. The van der Waals surface area contributed by atoms with Crippen molar-refractivity contribution in [3.8, 4) is 11.4 Å². The molecule has 1 saturated heterocycles. The Bertz CT molecular complexity index is 814. The van der Waals surface area contributed by atoms with Crippen molar-refractivity contribution >= 4 is 39.6 Å². The first-order chi connectivity index (χ1) is 11.5. The van der Waals surface area contributed by atoms with Gasteiger partial charge in [-0.15, -0.1) is 11.8 Å². The average Bonchev–Trinajstić information content (AvgIpc) is 3.07. The summed E-state index contributed by atoms with van der Waals surface area (Å²) in [7, 11) is 0. The van der Waals surface area contributed by atoms with Crippen LogP contribution in [0.1, 0.15) is 0 Å². The molecule has 1 unspecified atom stereocenters. The Kier molecular flexibility index (Phi) is 4.00. The Morgan fingerprint density at radius 1 is 1.42 bits per heavy atom. The van der Waals surface area contributed by atoms with Crippen LogP contribution in [-0.2, 0) is 11.3 Å². The first-order valence-corrected chi connectivity index (χ1v) is 9.06. The number of aryl methyl sites for hydroxylation is 1. The van der Waals surface area contributed by atoms with E-state index in [0.29, 0.717) is 12.4 Å². The van der Waals surface area contributed by atoms with E-state index in [9.17, 15) is 13.6 Å². The van der Waals surface area contributed by atoms with Gasteiger partial charge in [0.05, 0.1) is 0 Å². The van der Waals surface area contributed by atoms with E-state index in [2.05, 4.69) is 20.9 Å². The van der Waals surface area contributed by atoms with Crippen LogP contribution in [0.3, 0.4) is 0 Å². The number of cyclic esters (lactones) is 1. The van der Waals surface area contributed by atoms with E-state index in [-0.39, 0.29) is 12.4 Å². The Morgan fingerprint density at radius 2 is 2.25 bits per heavy atom. The van der Waals surface area contributed by atoms with Crippen molar-refractivity contribution < 1.29 is 18.3 Å². The van der Waals surface area contributed by atoms with Gasteiger partial charge in [0.1, 0.15) is 18.5 Å². The van der Waals surface area contributed by atoms with Gasteiger partial charge < -0.3 is 9.30 Å². The molecule has 4 rings (SSSR count). The first-order valence-electron chi connectivity index (χ1n) is 7.28. The molecular formula is C15H12BrF2N3O2S. The van der Waals surface area contributed by atoms with Crippen molar-refractivity contribution in [1.29, 1.82) is 0 Å². The summed E-state index contributed by atoms with van der Waals surface area (Å²) >= 11 is 5.17. The lowest BCUT2D eigenvalue weighted by molar-refractivity contribution is 0.104. The zero-order valence-electron chi connectivity index (χ0n) is 12.3. The molecule has 2 aromatic rings. The molecule has 0 radical (unpaired) electrons. The monoisotopic (exact) mass is 415 g/mol. The SMILES string of the molecule is O=C1OCC(C(F)F)N1c1cn2c(n1)-c1ccc(Br)cc1SCC2. The van der Waals surface area contributed by atoms with Crippen LogP contribution >= 0.6 is 27.7 Å². The Morgan fingerprint density at radius 3 is 3.04 bits per heavy atom. The number of carbonyl (C=O) groups excluding carboxylic acids is 1. The number of hydrogen-bond acceptors (Lipinski definition) is 4. The molecule has 1 aromatic carbocycles. The highest BCUT2D eigenvalue weighted by molar-refractivity contribution is 9.10. The second-order valence-electron chi connectivity index (χ2n) is 5.45. The first kappa shape index (κ1) is 15.9. The third-order valence-electron chi connectivity index (χ3n) is 3.98. The molecule has 1 amide bonds. The number of thioether (sulfide) groups is 1. The van der Waals surface area contributed by atoms with Crippen molar-refractivity contribution in [2.24, 2.45) is 0 Å². The summed E-state index contributed by atoms with van der Waals surface area (Å²) in [4.78, 5) is 18.4. The quantitative estimate of drug-likeness (QED) is 0.743. The number of halogens is 3. The van der Waals surface area contributed by atoms with Crippen LogP contribution in [0.15, 0.2) is 33.8 Å². The Hall–Kier alpha value is -1.61. The number of imidazole rings is 1. The topological polar surface area (TPSA) is 47.4 Å². The van der Waals surface area contributed by atoms with E-state index in [4.69, 9.17) is 4.74 Å². The molecule has 1 aromatic heterocycles. The third kappa shape index (κ3) is 2.59. The summed E-state index contributed by atoms with van der Waals surface area (Å²) in [6.45, 7) is 0.361. The zero-order chi connectivity index (χ0) is 16.8. The van der Waals surface area contributed by atoms with Gasteiger partial charge in [-0.1, -0.05) is 15.9 Å². The maximum absolute atomic E-state index is 13.2. The van der Waals surface area contributed by atoms with Gasteiger partial charge in [0.25, 0.3) is 6.43 Å².